The number of rotatable bonds is 6. The lowest BCUT2D eigenvalue weighted by Crippen LogP contribution is -2.28. The van der Waals surface area contributed by atoms with Gasteiger partial charge >= 0.3 is 0 Å². The third-order valence-corrected chi connectivity index (χ3v) is 2.39. The summed E-state index contributed by atoms with van der Waals surface area (Å²) in [5.41, 5.74) is 1.30. The molecule has 14 heavy (non-hydrogen) atoms. The van der Waals surface area contributed by atoms with E-state index in [9.17, 15) is 0 Å². The van der Waals surface area contributed by atoms with E-state index >= 15 is 0 Å². The van der Waals surface area contributed by atoms with Crippen molar-refractivity contribution < 1.29 is 0 Å². The van der Waals surface area contributed by atoms with E-state index in [2.05, 4.69) is 15.6 Å². The van der Waals surface area contributed by atoms with Crippen molar-refractivity contribution in [3.8, 4) is 0 Å². The molecular formula is C11H17N3. The SMILES string of the molecule is c1cc(CNCCNC2CC2)ccn1. The number of aromatic nitrogens is 1. The van der Waals surface area contributed by atoms with Crippen molar-refractivity contribution >= 4 is 0 Å². The second-order valence-corrected chi connectivity index (χ2v) is 3.76. The summed E-state index contributed by atoms with van der Waals surface area (Å²) in [6.07, 6.45) is 6.40. The van der Waals surface area contributed by atoms with E-state index < -0.39 is 0 Å². The van der Waals surface area contributed by atoms with Crippen LogP contribution in [0.2, 0.25) is 0 Å². The standard InChI is InChI=1S/C11H17N3/c1-2-11(1)14-8-7-13-9-10-3-5-12-6-4-10/h3-6,11,13-14H,1-2,7-9H2. The van der Waals surface area contributed by atoms with Crippen LogP contribution < -0.4 is 10.6 Å². The van der Waals surface area contributed by atoms with Crippen molar-refractivity contribution in [2.45, 2.75) is 25.4 Å². The Balaban J connectivity index is 1.54. The van der Waals surface area contributed by atoms with Gasteiger partial charge in [-0.15, -0.1) is 0 Å². The van der Waals surface area contributed by atoms with Gasteiger partial charge in [0.25, 0.3) is 0 Å². The van der Waals surface area contributed by atoms with E-state index in [4.69, 9.17) is 0 Å². The van der Waals surface area contributed by atoms with Gasteiger partial charge < -0.3 is 10.6 Å². The van der Waals surface area contributed by atoms with Gasteiger partial charge in [-0.05, 0) is 30.5 Å². The second kappa shape index (κ2) is 5.08. The predicted octanol–water partition coefficient (Wildman–Crippen LogP) is 0.923. The van der Waals surface area contributed by atoms with Gasteiger partial charge in [0.05, 0.1) is 0 Å². The predicted molar refractivity (Wildman–Crippen MR) is 57.0 cm³/mol. The first-order valence-corrected chi connectivity index (χ1v) is 5.28. The quantitative estimate of drug-likeness (QED) is 0.657. The molecule has 1 aromatic rings. The summed E-state index contributed by atoms with van der Waals surface area (Å²) in [5, 5.41) is 6.86. The molecule has 1 fully saturated rings. The van der Waals surface area contributed by atoms with Crippen molar-refractivity contribution in [1.82, 2.24) is 15.6 Å². The van der Waals surface area contributed by atoms with E-state index in [0.717, 1.165) is 25.7 Å². The summed E-state index contributed by atoms with van der Waals surface area (Å²) in [5.74, 6) is 0. The van der Waals surface area contributed by atoms with E-state index in [1.165, 1.54) is 18.4 Å². The van der Waals surface area contributed by atoms with E-state index in [1.54, 1.807) is 0 Å². The average Bonchev–Trinajstić information content (AvgIpc) is 3.03. The highest BCUT2D eigenvalue weighted by Gasteiger charge is 2.19. The molecule has 3 heteroatoms. The van der Waals surface area contributed by atoms with Crippen LogP contribution in [0.3, 0.4) is 0 Å². The molecule has 2 N–H and O–H groups in total. The highest BCUT2D eigenvalue weighted by Crippen LogP contribution is 2.17. The Morgan fingerprint density at radius 3 is 2.71 bits per heavy atom. The number of pyridine rings is 1. The molecule has 1 saturated carbocycles. The number of nitrogens with one attached hydrogen (secondary N) is 2. The first-order chi connectivity index (χ1) is 6.95. The van der Waals surface area contributed by atoms with Gasteiger partial charge in [0.1, 0.15) is 0 Å². The Bertz CT molecular complexity index is 256. The Hall–Kier alpha value is -0.930. The van der Waals surface area contributed by atoms with Gasteiger partial charge in [0, 0.05) is 38.1 Å². The first-order valence-electron chi connectivity index (χ1n) is 5.28. The largest absolute Gasteiger partial charge is 0.313 e. The van der Waals surface area contributed by atoms with Crippen molar-refractivity contribution in [3.63, 3.8) is 0 Å². The summed E-state index contributed by atoms with van der Waals surface area (Å²) in [6.45, 7) is 3.06. The Kier molecular flexibility index (Phi) is 3.49. The molecular weight excluding hydrogens is 174 g/mol. The minimum Gasteiger partial charge on any atom is -0.313 e. The van der Waals surface area contributed by atoms with Gasteiger partial charge in [0.15, 0.2) is 0 Å². The zero-order valence-corrected chi connectivity index (χ0v) is 8.37. The monoisotopic (exact) mass is 191 g/mol. The van der Waals surface area contributed by atoms with Crippen LogP contribution in [0.15, 0.2) is 24.5 Å². The molecule has 1 aromatic heterocycles. The first kappa shape index (κ1) is 9.62. The van der Waals surface area contributed by atoms with Crippen LogP contribution in [0.1, 0.15) is 18.4 Å². The van der Waals surface area contributed by atoms with Crippen LogP contribution in [0, 0.1) is 0 Å². The maximum atomic E-state index is 3.98. The van der Waals surface area contributed by atoms with Gasteiger partial charge in [-0.3, -0.25) is 4.98 Å². The molecule has 0 saturated heterocycles. The Morgan fingerprint density at radius 2 is 2.00 bits per heavy atom. The topological polar surface area (TPSA) is 37.0 Å². The van der Waals surface area contributed by atoms with Crippen LogP contribution in [0.5, 0.6) is 0 Å². The lowest BCUT2D eigenvalue weighted by atomic mass is 10.3. The van der Waals surface area contributed by atoms with E-state index in [-0.39, 0.29) is 0 Å². The summed E-state index contributed by atoms with van der Waals surface area (Å²) < 4.78 is 0. The third kappa shape index (κ3) is 3.44. The van der Waals surface area contributed by atoms with Crippen LogP contribution >= 0.6 is 0 Å². The number of nitrogens with zero attached hydrogens (tertiary/aromatic N) is 1. The molecule has 2 rings (SSSR count). The highest BCUT2D eigenvalue weighted by atomic mass is 15.0. The van der Waals surface area contributed by atoms with Gasteiger partial charge in [-0.1, -0.05) is 0 Å². The molecule has 0 bridgehead atoms. The zero-order chi connectivity index (χ0) is 9.64. The normalized spacial score (nSPS) is 15.7. The Morgan fingerprint density at radius 1 is 1.21 bits per heavy atom. The summed E-state index contributed by atoms with van der Waals surface area (Å²) >= 11 is 0. The number of hydrogen-bond donors (Lipinski definition) is 2. The van der Waals surface area contributed by atoms with Crippen LogP contribution in [-0.4, -0.2) is 24.1 Å². The maximum absolute atomic E-state index is 3.98. The van der Waals surface area contributed by atoms with Crippen LogP contribution in [0.25, 0.3) is 0 Å². The minimum atomic E-state index is 0.817. The highest BCUT2D eigenvalue weighted by molar-refractivity contribution is 5.08. The number of hydrogen-bond acceptors (Lipinski definition) is 3. The molecule has 1 aliphatic carbocycles. The molecule has 76 valence electrons. The molecule has 0 amide bonds. The second-order valence-electron chi connectivity index (χ2n) is 3.76. The molecule has 0 spiro atoms. The van der Waals surface area contributed by atoms with Crippen LogP contribution in [0.4, 0.5) is 0 Å². The Labute approximate surface area is 84.9 Å². The molecule has 0 unspecified atom stereocenters. The zero-order valence-electron chi connectivity index (χ0n) is 8.37. The maximum Gasteiger partial charge on any atom is 0.0271 e. The smallest absolute Gasteiger partial charge is 0.0271 e. The van der Waals surface area contributed by atoms with Crippen LogP contribution in [-0.2, 0) is 6.54 Å². The van der Waals surface area contributed by atoms with Crippen molar-refractivity contribution in [3.05, 3.63) is 30.1 Å². The fraction of sp³-hybridized carbons (Fsp3) is 0.545. The fourth-order valence-corrected chi connectivity index (χ4v) is 1.39. The van der Waals surface area contributed by atoms with E-state index in [0.29, 0.717) is 0 Å². The summed E-state index contributed by atoms with van der Waals surface area (Å²) in [6, 6.07) is 4.90. The fourth-order valence-electron chi connectivity index (χ4n) is 1.39. The molecule has 0 aromatic carbocycles. The molecule has 0 atom stereocenters. The summed E-state index contributed by atoms with van der Waals surface area (Å²) in [4.78, 5) is 3.98. The molecule has 1 heterocycles. The lowest BCUT2D eigenvalue weighted by Gasteiger charge is -2.05. The van der Waals surface area contributed by atoms with Gasteiger partial charge in [-0.2, -0.15) is 0 Å². The van der Waals surface area contributed by atoms with Gasteiger partial charge in [0.2, 0.25) is 0 Å². The lowest BCUT2D eigenvalue weighted by molar-refractivity contribution is 0.608. The average molecular weight is 191 g/mol. The summed E-state index contributed by atoms with van der Waals surface area (Å²) in [7, 11) is 0. The van der Waals surface area contributed by atoms with Crippen molar-refractivity contribution in [2.75, 3.05) is 13.1 Å². The molecule has 0 aliphatic heterocycles. The molecule has 3 nitrogen and oxygen atoms in total. The third-order valence-electron chi connectivity index (χ3n) is 2.39. The minimum absolute atomic E-state index is 0.817. The molecule has 0 radical (unpaired) electrons. The van der Waals surface area contributed by atoms with Gasteiger partial charge in [-0.25, -0.2) is 0 Å². The molecule has 1 aliphatic rings. The van der Waals surface area contributed by atoms with E-state index in [1.807, 2.05) is 24.5 Å². The van der Waals surface area contributed by atoms with Crippen molar-refractivity contribution in [2.24, 2.45) is 0 Å². The van der Waals surface area contributed by atoms with Crippen molar-refractivity contribution in [1.29, 1.82) is 0 Å².